The van der Waals surface area contributed by atoms with E-state index in [4.69, 9.17) is 4.74 Å². The first-order valence-corrected chi connectivity index (χ1v) is 13.6. The van der Waals surface area contributed by atoms with Crippen LogP contribution in [0.4, 0.5) is 0 Å². The van der Waals surface area contributed by atoms with Crippen LogP contribution in [0.1, 0.15) is 86.0 Å². The highest BCUT2D eigenvalue weighted by Gasteiger charge is 2.85. The Morgan fingerprint density at radius 1 is 1.03 bits per heavy atom. The summed E-state index contributed by atoms with van der Waals surface area (Å²) < 4.78 is 6.60. The number of hydrogen-bond donors (Lipinski definition) is 2. The van der Waals surface area contributed by atoms with Crippen LogP contribution in [0.3, 0.4) is 0 Å². The van der Waals surface area contributed by atoms with Crippen molar-refractivity contribution in [1.29, 1.82) is 0 Å². The minimum absolute atomic E-state index is 0.000366. The molecule has 0 aromatic carbocycles. The molecule has 1 unspecified atom stereocenters. The van der Waals surface area contributed by atoms with Crippen LogP contribution >= 0.6 is 0 Å². The molecule has 185 valence electrons. The fourth-order valence-corrected chi connectivity index (χ4v) is 11.0. The van der Waals surface area contributed by atoms with Gasteiger partial charge in [0.25, 0.3) is 0 Å². The zero-order valence-corrected chi connectivity index (χ0v) is 22.0. The van der Waals surface area contributed by atoms with E-state index in [0.29, 0.717) is 23.2 Å². The lowest BCUT2D eigenvalue weighted by molar-refractivity contribution is -0.125. The third-order valence-electron chi connectivity index (χ3n) is 12.6. The summed E-state index contributed by atoms with van der Waals surface area (Å²) >= 11 is 0. The summed E-state index contributed by atoms with van der Waals surface area (Å²) in [6.45, 7) is 12.8. The van der Waals surface area contributed by atoms with Crippen molar-refractivity contribution in [3.8, 4) is 0 Å². The Balaban J connectivity index is 1.37. The molecule has 1 heterocycles. The Morgan fingerprint density at radius 3 is 2.45 bits per heavy atom. The van der Waals surface area contributed by atoms with E-state index in [1.54, 1.807) is 5.92 Å². The molecule has 1 aliphatic heterocycles. The maximum absolute atomic E-state index is 12.1. The molecular weight excluding hydrogens is 410 g/mol. The van der Waals surface area contributed by atoms with Crippen LogP contribution < -0.4 is 0 Å². The fraction of sp³-hybridized carbons (Fsp3) is 0.897. The van der Waals surface area contributed by atoms with Crippen molar-refractivity contribution in [2.24, 2.45) is 44.8 Å². The van der Waals surface area contributed by atoms with Gasteiger partial charge in [-0.25, -0.2) is 0 Å². The molecule has 6 fully saturated rings. The van der Waals surface area contributed by atoms with E-state index in [-0.39, 0.29) is 27.8 Å². The zero-order chi connectivity index (χ0) is 23.8. The lowest BCUT2D eigenvalue weighted by Gasteiger charge is -2.63. The van der Waals surface area contributed by atoms with Gasteiger partial charge in [-0.05, 0) is 105 Å². The van der Waals surface area contributed by atoms with Gasteiger partial charge in [0, 0.05) is 17.9 Å². The van der Waals surface area contributed by atoms with Crippen LogP contribution in [0.25, 0.3) is 0 Å². The number of ether oxygens (including phenoxy) is 1. The van der Waals surface area contributed by atoms with E-state index in [0.717, 1.165) is 38.0 Å². The minimum atomic E-state index is -0.504. The molecular formula is C29H46NO3. The van der Waals surface area contributed by atoms with E-state index in [1.165, 1.54) is 32.1 Å². The van der Waals surface area contributed by atoms with Gasteiger partial charge >= 0.3 is 0 Å². The summed E-state index contributed by atoms with van der Waals surface area (Å²) in [5.41, 5.74) is 0.504. The Labute approximate surface area is 201 Å². The van der Waals surface area contributed by atoms with Gasteiger partial charge in [0.1, 0.15) is 12.2 Å². The summed E-state index contributed by atoms with van der Waals surface area (Å²) in [6.07, 6.45) is 10.6. The molecule has 6 aliphatic rings. The molecule has 0 bridgehead atoms. The third-order valence-corrected chi connectivity index (χ3v) is 12.6. The molecule has 9 atom stereocenters. The lowest BCUT2D eigenvalue weighted by atomic mass is 9.41. The van der Waals surface area contributed by atoms with Crippen molar-refractivity contribution in [2.45, 2.75) is 98.2 Å². The largest absolute Gasteiger partial charge is 0.393 e. The maximum Gasteiger partial charge on any atom is 0.131 e. The number of aliphatic hydroxyl groups is 2. The summed E-state index contributed by atoms with van der Waals surface area (Å²) in [5, 5.41) is 22.9. The number of fused-ring (bicyclic) bond motifs is 4. The summed E-state index contributed by atoms with van der Waals surface area (Å²) in [6, 6.07) is 0. The SMILES string of the molecule is C[C@@H]1C[C](CN(C)C)O[C]2[C@H]1[C@@]1(C)CC[C@@]34C[C@@]35CCC(O)C(C)(C)[C@@H]5CC[C]4[C@]1(C)[C@H]2O. The Bertz CT molecular complexity index is 828. The molecule has 4 heteroatoms. The van der Waals surface area contributed by atoms with Crippen molar-refractivity contribution in [1.82, 2.24) is 4.90 Å². The van der Waals surface area contributed by atoms with E-state index in [9.17, 15) is 10.2 Å². The second-order valence-electron chi connectivity index (χ2n) is 14.3. The number of aliphatic hydroxyl groups excluding tert-OH is 2. The van der Waals surface area contributed by atoms with Crippen molar-refractivity contribution < 1.29 is 14.9 Å². The van der Waals surface area contributed by atoms with Gasteiger partial charge < -0.3 is 19.8 Å². The first-order valence-electron chi connectivity index (χ1n) is 13.6. The second kappa shape index (κ2) is 6.78. The highest BCUT2D eigenvalue weighted by Crippen LogP contribution is 2.90. The first kappa shape index (κ1) is 23.3. The van der Waals surface area contributed by atoms with Gasteiger partial charge in [0.05, 0.1) is 12.2 Å². The molecule has 33 heavy (non-hydrogen) atoms. The number of rotatable bonds is 2. The molecule has 0 aromatic rings. The molecule has 0 aromatic heterocycles. The molecule has 5 saturated carbocycles. The van der Waals surface area contributed by atoms with Gasteiger partial charge in [-0.15, -0.1) is 0 Å². The van der Waals surface area contributed by atoms with Crippen LogP contribution in [-0.4, -0.2) is 48.0 Å². The lowest BCUT2D eigenvalue weighted by Crippen LogP contribution is -2.58. The third kappa shape index (κ3) is 2.53. The van der Waals surface area contributed by atoms with E-state index in [2.05, 4.69) is 53.6 Å². The van der Waals surface area contributed by atoms with E-state index >= 15 is 0 Å². The number of hydrogen-bond acceptors (Lipinski definition) is 4. The molecule has 2 N–H and O–H groups in total. The molecule has 6 rings (SSSR count). The molecule has 1 saturated heterocycles. The normalized spacial score (nSPS) is 56.0. The van der Waals surface area contributed by atoms with Gasteiger partial charge in [0.2, 0.25) is 0 Å². The topological polar surface area (TPSA) is 52.9 Å². The molecule has 2 spiro atoms. The highest BCUT2D eigenvalue weighted by molar-refractivity contribution is 5.44. The smallest absolute Gasteiger partial charge is 0.131 e. The molecule has 5 aliphatic carbocycles. The van der Waals surface area contributed by atoms with Gasteiger partial charge in [0.15, 0.2) is 0 Å². The Kier molecular flexibility index (Phi) is 4.78. The zero-order valence-electron chi connectivity index (χ0n) is 22.0. The van der Waals surface area contributed by atoms with Crippen LogP contribution in [0, 0.1) is 63.0 Å². The Hall–Kier alpha value is -0.160. The molecule has 0 amide bonds. The molecule has 3 radical (unpaired) electrons. The summed E-state index contributed by atoms with van der Waals surface area (Å²) in [4.78, 5) is 2.18. The van der Waals surface area contributed by atoms with Crippen molar-refractivity contribution >= 4 is 0 Å². The minimum Gasteiger partial charge on any atom is -0.393 e. The van der Waals surface area contributed by atoms with Crippen LogP contribution in [0.2, 0.25) is 0 Å². The monoisotopic (exact) mass is 456 g/mol. The van der Waals surface area contributed by atoms with Crippen LogP contribution in [0.15, 0.2) is 0 Å². The van der Waals surface area contributed by atoms with Crippen molar-refractivity contribution in [3.05, 3.63) is 18.1 Å². The van der Waals surface area contributed by atoms with Gasteiger partial charge in [-0.3, -0.25) is 0 Å². The predicted molar refractivity (Wildman–Crippen MR) is 129 cm³/mol. The predicted octanol–water partition coefficient (Wildman–Crippen LogP) is 5.01. The number of likely N-dealkylation sites (N-methyl/N-ethyl adjacent to an activating group) is 1. The Morgan fingerprint density at radius 2 is 1.76 bits per heavy atom. The van der Waals surface area contributed by atoms with Crippen molar-refractivity contribution in [3.63, 3.8) is 0 Å². The average Bonchev–Trinajstić information content (AvgIpc) is 3.36. The van der Waals surface area contributed by atoms with Gasteiger partial charge in [-0.1, -0.05) is 34.6 Å². The van der Waals surface area contributed by atoms with E-state index < -0.39 is 6.10 Å². The standard InChI is InChI=1S/C29H46NO3/c1-17-14-18(15-30(6)7)33-23-22(17)26(4)12-13-29-16-28(29)11-10-21(31)25(2,3)19(28)8-9-20(29)27(26,5)24(23)32/h17,19,21-22,24,31-32H,8-16H2,1-7H3/t17-,19+,21?,22+,24+,26-,27-,28-,29+/m1/s1. The summed E-state index contributed by atoms with van der Waals surface area (Å²) in [5.74, 6) is 3.14. The maximum atomic E-state index is 12.1. The number of nitrogens with zero attached hydrogens (tertiary/aromatic N) is 1. The average molecular weight is 457 g/mol. The van der Waals surface area contributed by atoms with Crippen molar-refractivity contribution in [2.75, 3.05) is 20.6 Å². The summed E-state index contributed by atoms with van der Waals surface area (Å²) in [7, 11) is 4.19. The van der Waals surface area contributed by atoms with Crippen LogP contribution in [0.5, 0.6) is 0 Å². The molecule has 4 nitrogen and oxygen atoms in total. The van der Waals surface area contributed by atoms with Gasteiger partial charge in [-0.2, -0.15) is 0 Å². The quantitative estimate of drug-likeness (QED) is 0.613. The van der Waals surface area contributed by atoms with E-state index in [1.807, 2.05) is 0 Å². The second-order valence-corrected chi connectivity index (χ2v) is 14.3. The highest BCUT2D eigenvalue weighted by atomic mass is 16.5. The first-order chi connectivity index (χ1) is 15.3. The fourth-order valence-electron chi connectivity index (χ4n) is 11.0. The van der Waals surface area contributed by atoms with Crippen LogP contribution in [-0.2, 0) is 4.74 Å².